The van der Waals surface area contributed by atoms with Crippen LogP contribution in [0.1, 0.15) is 5.56 Å². The van der Waals surface area contributed by atoms with Gasteiger partial charge in [-0.25, -0.2) is 0 Å². The monoisotopic (exact) mass is 232 g/mol. The van der Waals surface area contributed by atoms with Crippen molar-refractivity contribution in [3.05, 3.63) is 39.6 Å². The number of nitriles is 1. The molecule has 0 amide bonds. The highest BCUT2D eigenvalue weighted by molar-refractivity contribution is 7.14. The number of aromatic nitrogens is 2. The van der Waals surface area contributed by atoms with Gasteiger partial charge in [-0.1, -0.05) is 11.3 Å². The van der Waals surface area contributed by atoms with Crippen LogP contribution in [0.2, 0.25) is 0 Å². The molecule has 0 aliphatic rings. The molecule has 0 unspecified atom stereocenters. The lowest BCUT2D eigenvalue weighted by Crippen LogP contribution is -1.91. The lowest BCUT2D eigenvalue weighted by molar-refractivity contribution is -0.379. The van der Waals surface area contributed by atoms with E-state index >= 15 is 0 Å². The summed E-state index contributed by atoms with van der Waals surface area (Å²) in [5, 5.41) is 21.0. The van der Waals surface area contributed by atoms with Crippen molar-refractivity contribution >= 4 is 16.3 Å². The van der Waals surface area contributed by atoms with E-state index in [9.17, 15) is 10.1 Å². The average Bonchev–Trinajstić information content (AvgIpc) is 2.73. The van der Waals surface area contributed by atoms with Crippen molar-refractivity contribution in [3.63, 3.8) is 0 Å². The molecule has 2 heterocycles. The first-order valence-corrected chi connectivity index (χ1v) is 5.04. The zero-order valence-electron chi connectivity index (χ0n) is 7.82. The van der Waals surface area contributed by atoms with Crippen LogP contribution >= 0.6 is 11.3 Å². The van der Waals surface area contributed by atoms with Crippen molar-refractivity contribution in [1.82, 2.24) is 9.97 Å². The molecule has 78 valence electrons. The molecule has 2 rings (SSSR count). The maximum absolute atomic E-state index is 10.8. The van der Waals surface area contributed by atoms with Crippen molar-refractivity contribution in [1.29, 1.82) is 5.26 Å². The fourth-order valence-corrected chi connectivity index (χ4v) is 2.06. The SMILES string of the molecule is N#Cc1csc([N+](=O)[O-])c1-c1cnccn1. The minimum atomic E-state index is -0.518. The largest absolute Gasteiger partial charge is 0.334 e. The van der Waals surface area contributed by atoms with Crippen molar-refractivity contribution in [3.8, 4) is 17.3 Å². The third-order valence-corrected chi connectivity index (χ3v) is 2.81. The van der Waals surface area contributed by atoms with E-state index in [-0.39, 0.29) is 16.1 Å². The molecule has 0 aromatic carbocycles. The van der Waals surface area contributed by atoms with Crippen LogP contribution in [0.25, 0.3) is 11.3 Å². The number of nitro groups is 1. The average molecular weight is 232 g/mol. The number of hydrogen-bond acceptors (Lipinski definition) is 6. The summed E-state index contributed by atoms with van der Waals surface area (Å²) in [5.74, 6) is 0. The molecule has 2 aromatic heterocycles. The van der Waals surface area contributed by atoms with Gasteiger partial charge in [-0.2, -0.15) is 5.26 Å². The van der Waals surface area contributed by atoms with E-state index in [0.29, 0.717) is 5.69 Å². The van der Waals surface area contributed by atoms with Gasteiger partial charge < -0.3 is 0 Å². The van der Waals surface area contributed by atoms with Gasteiger partial charge in [-0.15, -0.1) is 0 Å². The maximum Gasteiger partial charge on any atom is 0.334 e. The molecule has 16 heavy (non-hydrogen) atoms. The minimum absolute atomic E-state index is 0.0861. The topological polar surface area (TPSA) is 92.7 Å². The highest BCUT2D eigenvalue weighted by Gasteiger charge is 2.23. The van der Waals surface area contributed by atoms with Gasteiger partial charge in [0.1, 0.15) is 11.6 Å². The summed E-state index contributed by atoms with van der Waals surface area (Å²) in [7, 11) is 0. The van der Waals surface area contributed by atoms with Crippen molar-refractivity contribution in [2.75, 3.05) is 0 Å². The predicted octanol–water partition coefficient (Wildman–Crippen LogP) is 1.98. The maximum atomic E-state index is 10.8. The highest BCUT2D eigenvalue weighted by atomic mass is 32.1. The van der Waals surface area contributed by atoms with Gasteiger partial charge in [0.15, 0.2) is 0 Å². The van der Waals surface area contributed by atoms with E-state index < -0.39 is 4.92 Å². The molecule has 0 radical (unpaired) electrons. The second-order valence-electron chi connectivity index (χ2n) is 2.79. The molecule has 0 saturated carbocycles. The van der Waals surface area contributed by atoms with E-state index in [2.05, 4.69) is 9.97 Å². The first-order chi connectivity index (χ1) is 7.74. The Balaban J connectivity index is 2.68. The van der Waals surface area contributed by atoms with Gasteiger partial charge in [0.05, 0.1) is 22.4 Å². The first-order valence-electron chi connectivity index (χ1n) is 4.16. The third kappa shape index (κ3) is 1.62. The standard InChI is InChI=1S/C9H4N4O2S/c10-3-6-5-16-9(13(14)15)8(6)7-4-11-1-2-12-7/h1-2,4-5H. The Morgan fingerprint density at radius 3 is 2.88 bits per heavy atom. The molecule has 0 bridgehead atoms. The number of hydrogen-bond donors (Lipinski definition) is 0. The van der Waals surface area contributed by atoms with Gasteiger partial charge in [-0.05, 0) is 0 Å². The van der Waals surface area contributed by atoms with Crippen LogP contribution in [0, 0.1) is 21.4 Å². The third-order valence-electron chi connectivity index (χ3n) is 1.88. The molecule has 0 atom stereocenters. The summed E-state index contributed by atoms with van der Waals surface area (Å²) in [4.78, 5) is 18.1. The number of rotatable bonds is 2. The highest BCUT2D eigenvalue weighted by Crippen LogP contribution is 2.36. The molecule has 0 saturated heterocycles. The smallest absolute Gasteiger partial charge is 0.261 e. The summed E-state index contributed by atoms with van der Waals surface area (Å²) in [6, 6.07) is 1.91. The van der Waals surface area contributed by atoms with E-state index in [1.165, 1.54) is 24.0 Å². The van der Waals surface area contributed by atoms with Crippen LogP contribution < -0.4 is 0 Å². The first kappa shape index (κ1) is 10.2. The Labute approximate surface area is 94.0 Å². The number of nitrogens with zero attached hydrogens (tertiary/aromatic N) is 4. The minimum Gasteiger partial charge on any atom is -0.261 e. The Morgan fingerprint density at radius 2 is 2.31 bits per heavy atom. The van der Waals surface area contributed by atoms with Gasteiger partial charge in [0.2, 0.25) is 0 Å². The summed E-state index contributed by atoms with van der Waals surface area (Å²) < 4.78 is 0. The van der Waals surface area contributed by atoms with Crippen molar-refractivity contribution in [2.24, 2.45) is 0 Å². The Kier molecular flexibility index (Phi) is 2.57. The zero-order valence-corrected chi connectivity index (χ0v) is 8.64. The van der Waals surface area contributed by atoms with Crippen LogP contribution in [-0.2, 0) is 0 Å². The molecule has 0 spiro atoms. The molecule has 6 nitrogen and oxygen atoms in total. The van der Waals surface area contributed by atoms with Gasteiger partial charge in [0.25, 0.3) is 0 Å². The van der Waals surface area contributed by atoms with Crippen LogP contribution in [-0.4, -0.2) is 14.9 Å². The normalized spacial score (nSPS) is 9.69. The molecule has 7 heteroatoms. The van der Waals surface area contributed by atoms with Crippen LogP contribution in [0.15, 0.2) is 24.0 Å². The van der Waals surface area contributed by atoms with Crippen LogP contribution in [0.3, 0.4) is 0 Å². The second kappa shape index (κ2) is 4.04. The summed E-state index contributed by atoms with van der Waals surface area (Å²) in [5.41, 5.74) is 0.829. The molecule has 0 fully saturated rings. The molecular formula is C9H4N4O2S. The lowest BCUT2D eigenvalue weighted by Gasteiger charge is -1.96. The van der Waals surface area contributed by atoms with Gasteiger partial charge in [-0.3, -0.25) is 20.1 Å². The summed E-state index contributed by atoms with van der Waals surface area (Å²) in [6.45, 7) is 0. The number of thiophene rings is 1. The second-order valence-corrected chi connectivity index (χ2v) is 3.65. The summed E-state index contributed by atoms with van der Waals surface area (Å²) in [6.07, 6.45) is 4.29. The lowest BCUT2D eigenvalue weighted by atomic mass is 10.1. The van der Waals surface area contributed by atoms with E-state index in [4.69, 9.17) is 5.26 Å². The Bertz CT molecular complexity index is 573. The molecule has 2 aromatic rings. The zero-order chi connectivity index (χ0) is 11.5. The fourth-order valence-electron chi connectivity index (χ4n) is 1.24. The summed E-state index contributed by atoms with van der Waals surface area (Å²) >= 11 is 0.914. The fraction of sp³-hybridized carbons (Fsp3) is 0. The Morgan fingerprint density at radius 1 is 1.50 bits per heavy atom. The molecule has 0 aliphatic heterocycles. The quantitative estimate of drug-likeness (QED) is 0.583. The van der Waals surface area contributed by atoms with E-state index in [0.717, 1.165) is 11.3 Å². The van der Waals surface area contributed by atoms with Crippen LogP contribution in [0.4, 0.5) is 5.00 Å². The van der Waals surface area contributed by atoms with Crippen LogP contribution in [0.5, 0.6) is 0 Å². The Hall–Kier alpha value is -2.33. The molecule has 0 aliphatic carbocycles. The molecular weight excluding hydrogens is 228 g/mol. The predicted molar refractivity (Wildman–Crippen MR) is 56.7 cm³/mol. The van der Waals surface area contributed by atoms with Gasteiger partial charge >= 0.3 is 5.00 Å². The van der Waals surface area contributed by atoms with E-state index in [1.54, 1.807) is 0 Å². The van der Waals surface area contributed by atoms with Crippen molar-refractivity contribution in [2.45, 2.75) is 0 Å². The van der Waals surface area contributed by atoms with Gasteiger partial charge in [0, 0.05) is 17.8 Å². The van der Waals surface area contributed by atoms with Crippen molar-refractivity contribution < 1.29 is 4.92 Å². The van der Waals surface area contributed by atoms with E-state index in [1.807, 2.05) is 6.07 Å². The molecule has 0 N–H and O–H groups in total.